The highest BCUT2D eigenvalue weighted by atomic mass is 15.3. The van der Waals surface area contributed by atoms with E-state index in [4.69, 9.17) is 8.22 Å². The van der Waals surface area contributed by atoms with Crippen LogP contribution >= 0.6 is 0 Å². The van der Waals surface area contributed by atoms with Crippen molar-refractivity contribution in [3.63, 3.8) is 0 Å². The van der Waals surface area contributed by atoms with Gasteiger partial charge >= 0.3 is 0 Å². The van der Waals surface area contributed by atoms with Gasteiger partial charge in [-0.2, -0.15) is 0 Å². The van der Waals surface area contributed by atoms with E-state index in [9.17, 15) is 0 Å². The Kier molecular flexibility index (Phi) is 0.559. The van der Waals surface area contributed by atoms with Gasteiger partial charge in [-0.3, -0.25) is 0 Å². The Morgan fingerprint density at radius 3 is 3.60 bits per heavy atom. The van der Waals surface area contributed by atoms with Crippen molar-refractivity contribution >= 4 is 0 Å². The van der Waals surface area contributed by atoms with Gasteiger partial charge in [-0.05, 0) is 12.8 Å². The van der Waals surface area contributed by atoms with Gasteiger partial charge in [0.05, 0.1) is 0 Å². The average molecular weight is 143 g/mol. The summed E-state index contributed by atoms with van der Waals surface area (Å²) in [5.74, 6) is -0.292. The van der Waals surface area contributed by atoms with Crippen LogP contribution in [0.15, 0.2) is 6.33 Å². The van der Waals surface area contributed by atoms with Crippen LogP contribution in [0.25, 0.3) is 0 Å². The molecule has 3 heteroatoms. The molecule has 0 unspecified atom stereocenters. The van der Waals surface area contributed by atoms with Crippen LogP contribution in [0.5, 0.6) is 0 Å². The SMILES string of the molecule is [2H]C1([2H])CCC([2H])([2H])C([2H])([2H])c2nncn21. The van der Waals surface area contributed by atoms with Crippen LogP contribution in [0.3, 0.4) is 0 Å². The van der Waals surface area contributed by atoms with Gasteiger partial charge in [0.25, 0.3) is 0 Å². The molecule has 0 fully saturated rings. The van der Waals surface area contributed by atoms with Gasteiger partial charge < -0.3 is 4.57 Å². The molecule has 10 heavy (non-hydrogen) atoms. The molecular weight excluding hydrogens is 126 g/mol. The molecule has 0 bridgehead atoms. The first-order valence-electron chi connectivity index (χ1n) is 6.09. The second-order valence-electron chi connectivity index (χ2n) is 1.98. The first-order valence-corrected chi connectivity index (χ1v) is 3.09. The van der Waals surface area contributed by atoms with E-state index in [0.717, 1.165) is 10.9 Å². The number of fused-ring (bicyclic) bond motifs is 1. The standard InChI is InChI=1S/C7H11N3/c1-2-4-7-9-8-6-10(7)5-3-1/h6H,1-5H2/i2D2,4D2,5D2. The Morgan fingerprint density at radius 1 is 1.60 bits per heavy atom. The van der Waals surface area contributed by atoms with Crippen molar-refractivity contribution in [1.29, 1.82) is 0 Å². The first kappa shape index (κ1) is 2.32. The van der Waals surface area contributed by atoms with Crippen molar-refractivity contribution in [2.45, 2.75) is 32.1 Å². The molecule has 1 aliphatic heterocycles. The van der Waals surface area contributed by atoms with Gasteiger partial charge in [0.15, 0.2) is 0 Å². The molecule has 0 spiro atoms. The monoisotopic (exact) mass is 143 g/mol. The molecule has 2 rings (SSSR count). The normalized spacial score (nSPS) is 42.0. The van der Waals surface area contributed by atoms with Crippen LogP contribution in [0.2, 0.25) is 0 Å². The summed E-state index contributed by atoms with van der Waals surface area (Å²) in [6.45, 7) is -1.85. The van der Waals surface area contributed by atoms with Crippen LogP contribution in [-0.2, 0) is 12.9 Å². The van der Waals surface area contributed by atoms with E-state index in [1.54, 1.807) is 0 Å². The Bertz CT molecular complexity index is 412. The molecule has 0 amide bonds. The van der Waals surface area contributed by atoms with Crippen molar-refractivity contribution in [2.75, 3.05) is 0 Å². The van der Waals surface area contributed by atoms with E-state index < -0.39 is 19.2 Å². The van der Waals surface area contributed by atoms with Crippen LogP contribution < -0.4 is 0 Å². The van der Waals surface area contributed by atoms with Crippen LogP contribution in [0.1, 0.15) is 33.3 Å². The zero-order valence-electron chi connectivity index (χ0n) is 11.3. The third-order valence-corrected chi connectivity index (χ3v) is 1.28. The minimum Gasteiger partial charge on any atom is -0.318 e. The molecule has 1 aliphatic rings. The third kappa shape index (κ3) is 0.916. The van der Waals surface area contributed by atoms with Gasteiger partial charge in [-0.1, -0.05) is 6.42 Å². The number of hydrogen-bond acceptors (Lipinski definition) is 2. The maximum atomic E-state index is 7.75. The van der Waals surface area contributed by atoms with Crippen molar-refractivity contribution < 1.29 is 8.22 Å². The maximum Gasteiger partial charge on any atom is 0.132 e. The van der Waals surface area contributed by atoms with Crippen LogP contribution in [0.4, 0.5) is 0 Å². The molecule has 54 valence electrons. The molecule has 1 aromatic rings. The van der Waals surface area contributed by atoms with Gasteiger partial charge in [-0.25, -0.2) is 0 Å². The molecule has 3 nitrogen and oxygen atoms in total. The van der Waals surface area contributed by atoms with Crippen molar-refractivity contribution in [2.24, 2.45) is 0 Å². The molecule has 0 atom stereocenters. The zero-order chi connectivity index (χ0) is 12.2. The van der Waals surface area contributed by atoms with Crippen molar-refractivity contribution in [3.8, 4) is 0 Å². The Labute approximate surface area is 68.5 Å². The fourth-order valence-corrected chi connectivity index (χ4v) is 0.816. The second-order valence-corrected chi connectivity index (χ2v) is 1.98. The van der Waals surface area contributed by atoms with Gasteiger partial charge in [0.2, 0.25) is 0 Å². The average Bonchev–Trinajstić information content (AvgIpc) is 2.61. The highest BCUT2D eigenvalue weighted by molar-refractivity contribution is 4.87. The predicted molar refractivity (Wildman–Crippen MR) is 37.6 cm³/mol. The lowest BCUT2D eigenvalue weighted by Crippen LogP contribution is -1.98. The highest BCUT2D eigenvalue weighted by Gasteiger charge is 2.06. The molecule has 0 aliphatic carbocycles. The summed E-state index contributed by atoms with van der Waals surface area (Å²) < 4.78 is 47.3. The summed E-state index contributed by atoms with van der Waals surface area (Å²) in [4.78, 5) is 0. The zero-order valence-corrected chi connectivity index (χ0v) is 5.33. The molecule has 0 N–H and O–H groups in total. The second kappa shape index (κ2) is 2.40. The summed E-state index contributed by atoms with van der Waals surface area (Å²) in [6, 6.07) is 0. The molecule has 0 saturated carbocycles. The van der Waals surface area contributed by atoms with E-state index >= 15 is 0 Å². The van der Waals surface area contributed by atoms with Gasteiger partial charge in [-0.15, -0.1) is 10.2 Å². The summed E-state index contributed by atoms with van der Waals surface area (Å²) in [6.07, 6.45) is -3.69. The van der Waals surface area contributed by atoms with Gasteiger partial charge in [0.1, 0.15) is 12.2 Å². The molecule has 1 aromatic heterocycles. The molecule has 0 radical (unpaired) electrons. The minimum atomic E-state index is -2.34. The summed E-state index contributed by atoms with van der Waals surface area (Å²) in [5, 5.41) is 6.99. The molecule has 0 aromatic carbocycles. The fourth-order valence-electron chi connectivity index (χ4n) is 0.816. The van der Waals surface area contributed by atoms with Crippen LogP contribution in [0, 0.1) is 0 Å². The number of aryl methyl sites for hydroxylation is 2. The van der Waals surface area contributed by atoms with Gasteiger partial charge in [0, 0.05) is 21.1 Å². The van der Waals surface area contributed by atoms with E-state index in [-0.39, 0.29) is 18.7 Å². The predicted octanol–water partition coefficient (Wildman–Crippen LogP) is 1.00. The van der Waals surface area contributed by atoms with E-state index in [0.29, 0.717) is 0 Å². The largest absolute Gasteiger partial charge is 0.318 e. The van der Waals surface area contributed by atoms with E-state index in [1.807, 2.05) is 0 Å². The van der Waals surface area contributed by atoms with Crippen molar-refractivity contribution in [3.05, 3.63) is 12.2 Å². The summed E-state index contributed by atoms with van der Waals surface area (Å²) in [5.41, 5.74) is 0. The Balaban J connectivity index is 2.64. The quantitative estimate of drug-likeness (QED) is 0.542. The lowest BCUT2D eigenvalue weighted by molar-refractivity contribution is 0.632. The Morgan fingerprint density at radius 2 is 2.60 bits per heavy atom. The number of aromatic nitrogens is 3. The highest BCUT2D eigenvalue weighted by Crippen LogP contribution is 2.10. The molecular formula is C7H11N3. The number of rotatable bonds is 0. The lowest BCUT2D eigenvalue weighted by Gasteiger charge is -1.97. The number of hydrogen-bond donors (Lipinski definition) is 0. The summed E-state index contributed by atoms with van der Waals surface area (Å²) >= 11 is 0. The summed E-state index contributed by atoms with van der Waals surface area (Å²) in [7, 11) is 0. The molecule has 0 saturated heterocycles. The minimum absolute atomic E-state index is 0.107. The van der Waals surface area contributed by atoms with E-state index in [2.05, 4.69) is 10.2 Å². The molecule has 2 heterocycles. The van der Waals surface area contributed by atoms with Crippen molar-refractivity contribution in [1.82, 2.24) is 14.8 Å². The number of nitrogens with zero attached hydrogens (tertiary/aromatic N) is 3. The smallest absolute Gasteiger partial charge is 0.132 e. The topological polar surface area (TPSA) is 30.7 Å². The fraction of sp³-hybridized carbons (Fsp3) is 0.714. The first-order chi connectivity index (χ1) is 7.18. The maximum absolute atomic E-state index is 7.75. The lowest BCUT2D eigenvalue weighted by atomic mass is 10.2. The Hall–Kier alpha value is -0.860. The third-order valence-electron chi connectivity index (χ3n) is 1.28. The van der Waals surface area contributed by atoms with E-state index in [1.165, 1.54) is 0 Å². The van der Waals surface area contributed by atoms with Crippen LogP contribution in [-0.4, -0.2) is 14.8 Å².